The number of nitrogens with one attached hydrogen (secondary N) is 1. The predicted molar refractivity (Wildman–Crippen MR) is 117 cm³/mol. The van der Waals surface area contributed by atoms with Crippen molar-refractivity contribution in [1.29, 1.82) is 0 Å². The average molecular weight is 392 g/mol. The minimum absolute atomic E-state index is 0.0153. The molecular weight excluding hydrogens is 362 g/mol. The highest BCUT2D eigenvalue weighted by molar-refractivity contribution is 6.06. The molecule has 0 aliphatic carbocycles. The number of hydrogen-bond donors (Lipinski definition) is 1. The summed E-state index contributed by atoms with van der Waals surface area (Å²) in [5, 5.41) is 2.95. The first-order valence-electron chi connectivity index (χ1n) is 10.7. The Balaban J connectivity index is 1.41. The summed E-state index contributed by atoms with van der Waals surface area (Å²) in [4.78, 5) is 29.8. The molecule has 0 radical (unpaired) electrons. The number of carbonyl (C=O) groups is 2. The smallest absolute Gasteiger partial charge is 0.255 e. The number of amides is 2. The third kappa shape index (κ3) is 4.61. The van der Waals surface area contributed by atoms with E-state index < -0.39 is 0 Å². The molecule has 0 unspecified atom stereocenters. The Hall–Kier alpha value is -2.82. The zero-order chi connectivity index (χ0) is 20.2. The lowest BCUT2D eigenvalue weighted by molar-refractivity contribution is 0.0697. The summed E-state index contributed by atoms with van der Waals surface area (Å²) >= 11 is 0. The van der Waals surface area contributed by atoms with Crippen LogP contribution in [0.5, 0.6) is 0 Å². The fraction of sp³-hybridized carbons (Fsp3) is 0.417. The van der Waals surface area contributed by atoms with Gasteiger partial charge < -0.3 is 15.1 Å². The van der Waals surface area contributed by atoms with E-state index in [1.54, 1.807) is 24.3 Å². The Labute approximate surface area is 172 Å². The van der Waals surface area contributed by atoms with Crippen molar-refractivity contribution in [3.8, 4) is 0 Å². The van der Waals surface area contributed by atoms with Gasteiger partial charge in [-0.3, -0.25) is 9.59 Å². The molecule has 0 spiro atoms. The van der Waals surface area contributed by atoms with Crippen LogP contribution in [-0.4, -0.2) is 42.9 Å². The molecule has 4 rings (SSSR count). The maximum Gasteiger partial charge on any atom is 0.255 e. The van der Waals surface area contributed by atoms with E-state index in [1.165, 1.54) is 18.5 Å². The molecule has 29 heavy (non-hydrogen) atoms. The molecule has 0 saturated carbocycles. The number of hydrogen-bond acceptors (Lipinski definition) is 3. The molecule has 2 aromatic rings. The molecule has 2 amide bonds. The second-order valence-electron chi connectivity index (χ2n) is 8.25. The molecule has 1 N–H and O–H groups in total. The first-order valence-corrected chi connectivity index (χ1v) is 10.7. The van der Waals surface area contributed by atoms with Gasteiger partial charge in [0.2, 0.25) is 0 Å². The van der Waals surface area contributed by atoms with Gasteiger partial charge in [-0.15, -0.1) is 0 Å². The number of carbonyl (C=O) groups excluding carboxylic acids is 2. The van der Waals surface area contributed by atoms with Crippen molar-refractivity contribution in [2.75, 3.05) is 36.4 Å². The lowest BCUT2D eigenvalue weighted by atomic mass is 9.98. The largest absolute Gasteiger partial charge is 0.372 e. The quantitative estimate of drug-likeness (QED) is 0.840. The topological polar surface area (TPSA) is 52.7 Å². The number of rotatable bonds is 4. The van der Waals surface area contributed by atoms with Crippen molar-refractivity contribution in [1.82, 2.24) is 4.90 Å². The molecule has 5 nitrogen and oxygen atoms in total. The van der Waals surface area contributed by atoms with E-state index in [0.29, 0.717) is 17.0 Å². The summed E-state index contributed by atoms with van der Waals surface area (Å²) in [6.07, 6.45) is 4.56. The summed E-state index contributed by atoms with van der Waals surface area (Å²) in [5.41, 5.74) is 3.05. The summed E-state index contributed by atoms with van der Waals surface area (Å²) in [6.45, 7) is 6.01. The number of piperidine rings is 1. The van der Waals surface area contributed by atoms with Gasteiger partial charge >= 0.3 is 0 Å². The zero-order valence-electron chi connectivity index (χ0n) is 17.1. The van der Waals surface area contributed by atoms with Gasteiger partial charge in [-0.1, -0.05) is 13.0 Å². The van der Waals surface area contributed by atoms with Crippen LogP contribution in [0, 0.1) is 5.92 Å². The average Bonchev–Trinajstić information content (AvgIpc) is 3.29. The fourth-order valence-electron chi connectivity index (χ4n) is 4.12. The monoisotopic (exact) mass is 391 g/mol. The Bertz CT molecular complexity index is 864. The molecule has 2 aliphatic rings. The zero-order valence-corrected chi connectivity index (χ0v) is 17.1. The van der Waals surface area contributed by atoms with Crippen LogP contribution in [0.3, 0.4) is 0 Å². The van der Waals surface area contributed by atoms with Gasteiger partial charge in [0.1, 0.15) is 0 Å². The van der Waals surface area contributed by atoms with Crippen LogP contribution in [0.2, 0.25) is 0 Å². The molecule has 0 bridgehead atoms. The van der Waals surface area contributed by atoms with Crippen molar-refractivity contribution in [2.24, 2.45) is 5.92 Å². The van der Waals surface area contributed by atoms with Crippen molar-refractivity contribution in [3.05, 3.63) is 59.7 Å². The maximum absolute atomic E-state index is 12.8. The van der Waals surface area contributed by atoms with Crippen LogP contribution in [0.15, 0.2) is 48.5 Å². The van der Waals surface area contributed by atoms with Crippen LogP contribution in [0.4, 0.5) is 11.4 Å². The second-order valence-corrected chi connectivity index (χ2v) is 8.25. The van der Waals surface area contributed by atoms with E-state index in [1.807, 2.05) is 17.0 Å². The molecule has 0 aromatic heterocycles. The van der Waals surface area contributed by atoms with Crippen LogP contribution < -0.4 is 10.2 Å². The Morgan fingerprint density at radius 2 is 1.55 bits per heavy atom. The lowest BCUT2D eigenvalue weighted by Gasteiger charge is -2.30. The van der Waals surface area contributed by atoms with E-state index in [0.717, 1.165) is 44.7 Å². The maximum atomic E-state index is 12.8. The van der Waals surface area contributed by atoms with Gasteiger partial charge in [-0.05, 0) is 74.1 Å². The van der Waals surface area contributed by atoms with E-state index in [-0.39, 0.29) is 11.8 Å². The number of benzene rings is 2. The van der Waals surface area contributed by atoms with Crippen LogP contribution in [0.1, 0.15) is 53.3 Å². The molecule has 2 saturated heterocycles. The first-order chi connectivity index (χ1) is 14.1. The molecule has 0 atom stereocenters. The summed E-state index contributed by atoms with van der Waals surface area (Å²) < 4.78 is 0. The summed E-state index contributed by atoms with van der Waals surface area (Å²) in [6, 6.07) is 15.0. The third-order valence-corrected chi connectivity index (χ3v) is 6.04. The molecule has 152 valence electrons. The van der Waals surface area contributed by atoms with Gasteiger partial charge in [0.15, 0.2) is 0 Å². The third-order valence-electron chi connectivity index (χ3n) is 6.04. The standard InChI is InChI=1S/C24H29N3O2/c1-18-11-15-27(16-12-18)24(29)20-6-4-5-19(17-20)23(28)25-21-7-9-22(10-8-21)26-13-2-3-14-26/h4-10,17-18H,2-3,11-16H2,1H3,(H,25,28). The second kappa shape index (κ2) is 8.68. The first kappa shape index (κ1) is 19.5. The molecule has 5 heteroatoms. The molecule has 2 aromatic carbocycles. The van der Waals surface area contributed by atoms with Crippen molar-refractivity contribution >= 4 is 23.2 Å². The van der Waals surface area contributed by atoms with Crippen molar-refractivity contribution in [2.45, 2.75) is 32.6 Å². The fourth-order valence-corrected chi connectivity index (χ4v) is 4.12. The number of nitrogens with zero attached hydrogens (tertiary/aromatic N) is 2. The van der Waals surface area contributed by atoms with Crippen LogP contribution >= 0.6 is 0 Å². The predicted octanol–water partition coefficient (Wildman–Crippen LogP) is 4.41. The SMILES string of the molecule is CC1CCN(C(=O)c2cccc(C(=O)Nc3ccc(N4CCCC4)cc3)c2)CC1. The molecule has 2 aliphatic heterocycles. The summed E-state index contributed by atoms with van der Waals surface area (Å²) in [5.74, 6) is 0.496. The summed E-state index contributed by atoms with van der Waals surface area (Å²) in [7, 11) is 0. The Morgan fingerprint density at radius 3 is 2.24 bits per heavy atom. The normalized spacial score (nSPS) is 17.4. The van der Waals surface area contributed by atoms with Gasteiger partial charge in [0.25, 0.3) is 11.8 Å². The van der Waals surface area contributed by atoms with Gasteiger partial charge in [0, 0.05) is 48.7 Å². The molecule has 2 heterocycles. The lowest BCUT2D eigenvalue weighted by Crippen LogP contribution is -2.38. The Kier molecular flexibility index (Phi) is 5.84. The van der Waals surface area contributed by atoms with E-state index in [9.17, 15) is 9.59 Å². The van der Waals surface area contributed by atoms with Crippen molar-refractivity contribution in [3.63, 3.8) is 0 Å². The number of likely N-dealkylation sites (tertiary alicyclic amines) is 1. The van der Waals surface area contributed by atoms with Crippen LogP contribution in [-0.2, 0) is 0 Å². The van der Waals surface area contributed by atoms with Gasteiger partial charge in [-0.2, -0.15) is 0 Å². The highest BCUT2D eigenvalue weighted by atomic mass is 16.2. The number of anilines is 2. The highest BCUT2D eigenvalue weighted by Gasteiger charge is 2.22. The van der Waals surface area contributed by atoms with Gasteiger partial charge in [0.05, 0.1) is 0 Å². The Morgan fingerprint density at radius 1 is 0.897 bits per heavy atom. The minimum atomic E-state index is -0.194. The highest BCUT2D eigenvalue weighted by Crippen LogP contribution is 2.23. The van der Waals surface area contributed by atoms with E-state index >= 15 is 0 Å². The van der Waals surface area contributed by atoms with Crippen molar-refractivity contribution < 1.29 is 9.59 Å². The molecule has 2 fully saturated rings. The molecular formula is C24H29N3O2. The minimum Gasteiger partial charge on any atom is -0.372 e. The van der Waals surface area contributed by atoms with E-state index in [2.05, 4.69) is 29.3 Å². The van der Waals surface area contributed by atoms with Gasteiger partial charge in [-0.25, -0.2) is 0 Å². The van der Waals surface area contributed by atoms with Crippen LogP contribution in [0.25, 0.3) is 0 Å². The van der Waals surface area contributed by atoms with E-state index in [4.69, 9.17) is 0 Å².